The maximum Gasteiger partial charge on any atom is 0.181 e. The molecule has 0 bridgehead atoms. The van der Waals surface area contributed by atoms with Gasteiger partial charge in [0.15, 0.2) is 9.84 Å². The lowest BCUT2D eigenvalue weighted by Crippen LogP contribution is -2.28. The van der Waals surface area contributed by atoms with Crippen molar-refractivity contribution in [2.75, 3.05) is 6.61 Å². The number of hydrogen-bond donors (Lipinski definition) is 0. The lowest BCUT2D eigenvalue weighted by atomic mass is 9.89. The highest BCUT2D eigenvalue weighted by atomic mass is 32.2. The third-order valence-corrected chi connectivity index (χ3v) is 8.08. The first kappa shape index (κ1) is 18.7. The van der Waals surface area contributed by atoms with Crippen molar-refractivity contribution in [2.24, 2.45) is 11.8 Å². The summed E-state index contributed by atoms with van der Waals surface area (Å²) < 4.78 is 32.2. The summed E-state index contributed by atoms with van der Waals surface area (Å²) >= 11 is 0. The molecule has 0 amide bonds. The molecule has 0 unspecified atom stereocenters. The molecule has 25 heavy (non-hydrogen) atoms. The van der Waals surface area contributed by atoms with E-state index in [2.05, 4.69) is 13.5 Å². The van der Waals surface area contributed by atoms with Crippen LogP contribution in [0.2, 0.25) is 0 Å². The van der Waals surface area contributed by atoms with Crippen LogP contribution in [0.5, 0.6) is 0 Å². The zero-order valence-corrected chi connectivity index (χ0v) is 16.0. The van der Waals surface area contributed by atoms with E-state index in [1.54, 1.807) is 24.3 Å². The summed E-state index contributed by atoms with van der Waals surface area (Å²) in [6, 6.07) is 8.83. The molecule has 0 spiro atoms. The molecule has 1 aliphatic carbocycles. The van der Waals surface area contributed by atoms with E-state index in [0.717, 1.165) is 18.4 Å². The third-order valence-electron chi connectivity index (χ3n) is 5.84. The minimum atomic E-state index is -3.32. The zero-order valence-electron chi connectivity index (χ0n) is 15.2. The number of fused-ring (bicyclic) bond motifs is 1. The number of unbranched alkanes of at least 4 members (excludes halogenated alkanes) is 4. The second kappa shape index (κ2) is 8.05. The number of hydrogen-bond acceptors (Lipinski definition) is 3. The molecule has 0 aromatic heterocycles. The van der Waals surface area contributed by atoms with E-state index in [-0.39, 0.29) is 23.2 Å². The molecule has 0 N–H and O–H groups in total. The van der Waals surface area contributed by atoms with E-state index in [1.165, 1.54) is 25.7 Å². The number of sulfone groups is 1. The van der Waals surface area contributed by atoms with Gasteiger partial charge in [-0.05, 0) is 25.0 Å². The Labute approximate surface area is 152 Å². The van der Waals surface area contributed by atoms with Gasteiger partial charge in [-0.2, -0.15) is 0 Å². The van der Waals surface area contributed by atoms with Gasteiger partial charge < -0.3 is 4.74 Å². The molecule has 1 saturated carbocycles. The lowest BCUT2D eigenvalue weighted by Gasteiger charge is -2.19. The second-order valence-electron chi connectivity index (χ2n) is 7.52. The molecule has 1 heterocycles. The SMILES string of the molecule is C=C1C[C@H](S(=O)(=O)c2ccccc2)[C@H]2CO[C@@H](CCCCCCC)[C@@H]12. The van der Waals surface area contributed by atoms with Crippen LogP contribution in [0.1, 0.15) is 51.9 Å². The first-order chi connectivity index (χ1) is 12.1. The first-order valence-corrected chi connectivity index (χ1v) is 11.2. The van der Waals surface area contributed by atoms with E-state index >= 15 is 0 Å². The highest BCUT2D eigenvalue weighted by Crippen LogP contribution is 2.48. The predicted molar refractivity (Wildman–Crippen MR) is 101 cm³/mol. The summed E-state index contributed by atoms with van der Waals surface area (Å²) in [4.78, 5) is 0.427. The Morgan fingerprint density at radius 2 is 1.84 bits per heavy atom. The first-order valence-electron chi connectivity index (χ1n) is 9.64. The Bertz CT molecular complexity index is 680. The van der Waals surface area contributed by atoms with Crippen LogP contribution in [-0.4, -0.2) is 26.4 Å². The minimum absolute atomic E-state index is 0.0679. The van der Waals surface area contributed by atoms with Crippen molar-refractivity contribution in [1.29, 1.82) is 0 Å². The van der Waals surface area contributed by atoms with Crippen LogP contribution in [0.4, 0.5) is 0 Å². The quantitative estimate of drug-likeness (QED) is 0.494. The smallest absolute Gasteiger partial charge is 0.181 e. The monoisotopic (exact) mass is 362 g/mol. The fraction of sp³-hybridized carbons (Fsp3) is 0.619. The molecule has 138 valence electrons. The normalized spacial score (nSPS) is 29.1. The van der Waals surface area contributed by atoms with Crippen LogP contribution >= 0.6 is 0 Å². The maximum atomic E-state index is 13.1. The predicted octanol–water partition coefficient (Wildman–Crippen LogP) is 4.78. The molecule has 2 aliphatic rings. The summed E-state index contributed by atoms with van der Waals surface area (Å²) in [5.41, 5.74) is 1.07. The van der Waals surface area contributed by atoms with Crippen molar-refractivity contribution in [3.63, 3.8) is 0 Å². The number of ether oxygens (including phenoxy) is 1. The number of benzene rings is 1. The van der Waals surface area contributed by atoms with Crippen molar-refractivity contribution in [3.05, 3.63) is 42.5 Å². The van der Waals surface area contributed by atoms with Gasteiger partial charge in [-0.3, -0.25) is 0 Å². The Balaban J connectivity index is 1.66. The molecule has 1 aromatic carbocycles. The highest BCUT2D eigenvalue weighted by molar-refractivity contribution is 7.92. The Kier molecular flexibility index (Phi) is 6.00. The van der Waals surface area contributed by atoms with Crippen LogP contribution in [0.3, 0.4) is 0 Å². The van der Waals surface area contributed by atoms with E-state index in [0.29, 0.717) is 17.9 Å². The van der Waals surface area contributed by atoms with Gasteiger partial charge in [-0.25, -0.2) is 8.42 Å². The van der Waals surface area contributed by atoms with Crippen LogP contribution in [0, 0.1) is 11.8 Å². The van der Waals surface area contributed by atoms with E-state index < -0.39 is 9.84 Å². The lowest BCUT2D eigenvalue weighted by molar-refractivity contribution is 0.0843. The van der Waals surface area contributed by atoms with Crippen LogP contribution < -0.4 is 0 Å². The van der Waals surface area contributed by atoms with Crippen molar-refractivity contribution >= 4 is 9.84 Å². The van der Waals surface area contributed by atoms with Gasteiger partial charge in [0.2, 0.25) is 0 Å². The summed E-state index contributed by atoms with van der Waals surface area (Å²) in [5, 5.41) is -0.377. The van der Waals surface area contributed by atoms with Gasteiger partial charge >= 0.3 is 0 Å². The molecule has 4 atom stereocenters. The molecule has 1 aromatic rings. The third kappa shape index (κ3) is 3.85. The van der Waals surface area contributed by atoms with Crippen molar-refractivity contribution in [2.45, 2.75) is 68.1 Å². The average molecular weight is 363 g/mol. The fourth-order valence-electron chi connectivity index (χ4n) is 4.50. The van der Waals surface area contributed by atoms with E-state index in [1.807, 2.05) is 6.07 Å². The fourth-order valence-corrected chi connectivity index (χ4v) is 6.53. The molecular weight excluding hydrogens is 332 g/mol. The summed E-state index contributed by atoms with van der Waals surface area (Å²) in [6.07, 6.45) is 8.01. The molecule has 0 radical (unpaired) electrons. The van der Waals surface area contributed by atoms with Crippen molar-refractivity contribution in [3.8, 4) is 0 Å². The molecule has 4 heteroatoms. The van der Waals surface area contributed by atoms with Gasteiger partial charge in [-0.1, -0.05) is 69.4 Å². The zero-order chi connectivity index (χ0) is 17.9. The minimum Gasteiger partial charge on any atom is -0.377 e. The van der Waals surface area contributed by atoms with Gasteiger partial charge in [0.25, 0.3) is 0 Å². The highest BCUT2D eigenvalue weighted by Gasteiger charge is 2.52. The second-order valence-corrected chi connectivity index (χ2v) is 9.69. The molecule has 3 rings (SSSR count). The van der Waals surface area contributed by atoms with Crippen LogP contribution in [0.15, 0.2) is 47.4 Å². The topological polar surface area (TPSA) is 43.4 Å². The maximum absolute atomic E-state index is 13.1. The Hall–Kier alpha value is -1.13. The molecule has 1 aliphatic heterocycles. The molecule has 1 saturated heterocycles. The molecular formula is C21H30O3S. The van der Waals surface area contributed by atoms with Crippen molar-refractivity contribution in [1.82, 2.24) is 0 Å². The molecule has 3 nitrogen and oxygen atoms in total. The van der Waals surface area contributed by atoms with Gasteiger partial charge in [0.1, 0.15) is 0 Å². The van der Waals surface area contributed by atoms with Gasteiger partial charge in [-0.15, -0.1) is 0 Å². The number of rotatable bonds is 8. The summed E-state index contributed by atoms with van der Waals surface area (Å²) in [5.74, 6) is 0.285. The summed E-state index contributed by atoms with van der Waals surface area (Å²) in [7, 11) is -3.32. The standard InChI is InChI=1S/C21H30O3S/c1-3-4-5-6-10-13-19-21-16(2)14-20(18(21)15-24-19)25(22,23)17-11-8-7-9-12-17/h7-9,11-12,18-21H,2-6,10,13-15H2,1H3/t18-,19+,20+,21+/m1/s1. The van der Waals surface area contributed by atoms with Crippen LogP contribution in [0.25, 0.3) is 0 Å². The average Bonchev–Trinajstić information content (AvgIpc) is 3.17. The van der Waals surface area contributed by atoms with E-state index in [9.17, 15) is 8.42 Å². The Morgan fingerprint density at radius 1 is 1.12 bits per heavy atom. The Morgan fingerprint density at radius 3 is 2.56 bits per heavy atom. The summed E-state index contributed by atoms with van der Waals surface area (Å²) in [6.45, 7) is 7.00. The van der Waals surface area contributed by atoms with Crippen molar-refractivity contribution < 1.29 is 13.2 Å². The molecule has 2 fully saturated rings. The van der Waals surface area contributed by atoms with Gasteiger partial charge in [0.05, 0.1) is 22.9 Å². The van der Waals surface area contributed by atoms with Gasteiger partial charge in [0, 0.05) is 11.8 Å². The van der Waals surface area contributed by atoms with E-state index in [4.69, 9.17) is 4.74 Å². The largest absolute Gasteiger partial charge is 0.377 e. The van der Waals surface area contributed by atoms with Crippen LogP contribution in [-0.2, 0) is 14.6 Å².